The van der Waals surface area contributed by atoms with Crippen LogP contribution >= 0.6 is 0 Å². The molecule has 74 valence electrons. The molecular weight excluding hydrogens is 172 g/mol. The number of hydrogen-bond donors (Lipinski definition) is 1. The zero-order chi connectivity index (χ0) is 10.4. The molecule has 1 N–H and O–H groups in total. The van der Waals surface area contributed by atoms with Crippen LogP contribution in [0.4, 0.5) is 0 Å². The molecule has 0 amide bonds. The van der Waals surface area contributed by atoms with Crippen LogP contribution in [-0.4, -0.2) is 6.04 Å². The molecule has 0 aliphatic rings. The first-order valence-corrected chi connectivity index (χ1v) is 4.98. The summed E-state index contributed by atoms with van der Waals surface area (Å²) in [5.41, 5.74) is 1.95. The minimum Gasteiger partial charge on any atom is -0.310 e. The summed E-state index contributed by atoms with van der Waals surface area (Å²) in [6.07, 6.45) is 1.14. The van der Waals surface area contributed by atoms with Crippen LogP contribution in [0.3, 0.4) is 0 Å². The van der Waals surface area contributed by atoms with E-state index in [9.17, 15) is 0 Å². The second-order valence-corrected chi connectivity index (χ2v) is 3.50. The van der Waals surface area contributed by atoms with Crippen molar-refractivity contribution in [3.8, 4) is 6.07 Å². The average Bonchev–Trinajstić information content (AvgIpc) is 2.26. The van der Waals surface area contributed by atoms with Gasteiger partial charge in [-0.25, -0.2) is 0 Å². The second kappa shape index (κ2) is 5.41. The zero-order valence-electron chi connectivity index (χ0n) is 8.75. The Labute approximate surface area is 85.6 Å². The Kier molecular flexibility index (Phi) is 4.15. The molecule has 0 radical (unpaired) electrons. The Morgan fingerprint density at radius 1 is 1.36 bits per heavy atom. The third-order valence-electron chi connectivity index (χ3n) is 2.35. The molecule has 0 aromatic heterocycles. The van der Waals surface area contributed by atoms with E-state index in [-0.39, 0.29) is 0 Å². The molecule has 2 nitrogen and oxygen atoms in total. The second-order valence-electron chi connectivity index (χ2n) is 3.50. The molecule has 2 heteroatoms. The van der Waals surface area contributed by atoms with E-state index in [1.807, 2.05) is 24.3 Å². The fraction of sp³-hybridized carbons (Fsp3) is 0.417. The van der Waals surface area contributed by atoms with Gasteiger partial charge in [-0.15, -0.1) is 0 Å². The minimum absolute atomic E-state index is 0.547. The maximum absolute atomic E-state index is 8.62. The van der Waals surface area contributed by atoms with Crippen LogP contribution in [0.5, 0.6) is 0 Å². The van der Waals surface area contributed by atoms with Gasteiger partial charge in [-0.2, -0.15) is 5.26 Å². The van der Waals surface area contributed by atoms with Gasteiger partial charge in [-0.05, 0) is 31.0 Å². The number of nitriles is 1. The summed E-state index contributed by atoms with van der Waals surface area (Å²) < 4.78 is 0. The highest BCUT2D eigenvalue weighted by Gasteiger charge is 1.97. The molecule has 1 unspecified atom stereocenters. The molecule has 0 heterocycles. The van der Waals surface area contributed by atoms with Crippen molar-refractivity contribution in [3.63, 3.8) is 0 Å². The maximum Gasteiger partial charge on any atom is 0.0991 e. The van der Waals surface area contributed by atoms with E-state index in [1.165, 1.54) is 5.56 Å². The quantitative estimate of drug-likeness (QED) is 0.787. The van der Waals surface area contributed by atoms with Crippen LogP contribution in [0.1, 0.15) is 31.4 Å². The van der Waals surface area contributed by atoms with E-state index < -0.39 is 0 Å². The largest absolute Gasteiger partial charge is 0.310 e. The first-order valence-electron chi connectivity index (χ1n) is 4.98. The zero-order valence-corrected chi connectivity index (χ0v) is 8.75. The lowest BCUT2D eigenvalue weighted by molar-refractivity contribution is 0.534. The van der Waals surface area contributed by atoms with Crippen molar-refractivity contribution in [3.05, 3.63) is 35.4 Å². The van der Waals surface area contributed by atoms with Crippen molar-refractivity contribution in [2.75, 3.05) is 0 Å². The predicted molar refractivity (Wildman–Crippen MR) is 57.7 cm³/mol. The van der Waals surface area contributed by atoms with Gasteiger partial charge in [-0.1, -0.05) is 19.1 Å². The Hall–Kier alpha value is -1.33. The van der Waals surface area contributed by atoms with E-state index in [0.29, 0.717) is 6.04 Å². The van der Waals surface area contributed by atoms with Crippen molar-refractivity contribution >= 4 is 0 Å². The van der Waals surface area contributed by atoms with Crippen LogP contribution < -0.4 is 5.32 Å². The molecule has 0 aliphatic carbocycles. The first-order chi connectivity index (χ1) is 6.76. The molecule has 1 rings (SSSR count). The van der Waals surface area contributed by atoms with E-state index in [1.54, 1.807) is 0 Å². The normalized spacial score (nSPS) is 12.1. The van der Waals surface area contributed by atoms with E-state index in [0.717, 1.165) is 18.5 Å². The molecule has 1 aromatic rings. The number of hydrogen-bond acceptors (Lipinski definition) is 2. The lowest BCUT2D eigenvalue weighted by Crippen LogP contribution is -2.24. The van der Waals surface area contributed by atoms with Crippen LogP contribution in [-0.2, 0) is 6.54 Å². The average molecular weight is 188 g/mol. The molecule has 0 bridgehead atoms. The standard InChI is InChI=1S/C12H16N2/c1-3-10(2)14-9-12-6-4-11(8-13)5-7-12/h4-7,10,14H,3,9H2,1-2H3. The van der Waals surface area contributed by atoms with E-state index in [2.05, 4.69) is 25.2 Å². The van der Waals surface area contributed by atoms with Gasteiger partial charge < -0.3 is 5.32 Å². The summed E-state index contributed by atoms with van der Waals surface area (Å²) in [6.45, 7) is 5.21. The molecular formula is C12H16N2. The Balaban J connectivity index is 2.49. The van der Waals surface area contributed by atoms with Crippen LogP contribution in [0.15, 0.2) is 24.3 Å². The summed E-state index contributed by atoms with van der Waals surface area (Å²) in [5.74, 6) is 0. The van der Waals surface area contributed by atoms with Crippen molar-refractivity contribution < 1.29 is 0 Å². The van der Waals surface area contributed by atoms with Crippen LogP contribution in [0.2, 0.25) is 0 Å². The third-order valence-corrected chi connectivity index (χ3v) is 2.35. The Morgan fingerprint density at radius 2 is 2.00 bits per heavy atom. The van der Waals surface area contributed by atoms with Gasteiger partial charge in [0, 0.05) is 12.6 Å². The highest BCUT2D eigenvalue weighted by Crippen LogP contribution is 2.03. The summed E-state index contributed by atoms with van der Waals surface area (Å²) in [5, 5.41) is 12.0. The van der Waals surface area contributed by atoms with Crippen molar-refractivity contribution in [2.24, 2.45) is 0 Å². The molecule has 1 aromatic carbocycles. The van der Waals surface area contributed by atoms with Crippen molar-refractivity contribution in [2.45, 2.75) is 32.9 Å². The topological polar surface area (TPSA) is 35.8 Å². The summed E-state index contributed by atoms with van der Waals surface area (Å²) in [7, 11) is 0. The minimum atomic E-state index is 0.547. The van der Waals surface area contributed by atoms with E-state index >= 15 is 0 Å². The fourth-order valence-corrected chi connectivity index (χ4v) is 1.13. The van der Waals surface area contributed by atoms with Crippen LogP contribution in [0.25, 0.3) is 0 Å². The SMILES string of the molecule is CCC(C)NCc1ccc(C#N)cc1. The van der Waals surface area contributed by atoms with Crippen LogP contribution in [0, 0.1) is 11.3 Å². The summed E-state index contributed by atoms with van der Waals surface area (Å²) >= 11 is 0. The number of nitrogens with one attached hydrogen (secondary N) is 1. The van der Waals surface area contributed by atoms with Gasteiger partial charge in [0.1, 0.15) is 0 Å². The van der Waals surface area contributed by atoms with Gasteiger partial charge in [0.05, 0.1) is 11.6 Å². The van der Waals surface area contributed by atoms with Gasteiger partial charge in [0.15, 0.2) is 0 Å². The predicted octanol–water partition coefficient (Wildman–Crippen LogP) is 2.45. The highest BCUT2D eigenvalue weighted by atomic mass is 14.9. The Morgan fingerprint density at radius 3 is 2.50 bits per heavy atom. The smallest absolute Gasteiger partial charge is 0.0991 e. The molecule has 0 saturated heterocycles. The highest BCUT2D eigenvalue weighted by molar-refractivity contribution is 5.31. The molecule has 1 atom stereocenters. The number of rotatable bonds is 4. The van der Waals surface area contributed by atoms with Gasteiger partial charge >= 0.3 is 0 Å². The van der Waals surface area contributed by atoms with Crippen molar-refractivity contribution in [1.29, 1.82) is 5.26 Å². The first kappa shape index (κ1) is 10.7. The lowest BCUT2D eigenvalue weighted by Gasteiger charge is -2.10. The number of benzene rings is 1. The van der Waals surface area contributed by atoms with Gasteiger partial charge in [-0.3, -0.25) is 0 Å². The molecule has 0 saturated carbocycles. The Bertz CT molecular complexity index is 308. The monoisotopic (exact) mass is 188 g/mol. The number of nitrogens with zero attached hydrogens (tertiary/aromatic N) is 1. The molecule has 0 spiro atoms. The summed E-state index contributed by atoms with van der Waals surface area (Å²) in [4.78, 5) is 0. The fourth-order valence-electron chi connectivity index (χ4n) is 1.13. The molecule has 14 heavy (non-hydrogen) atoms. The van der Waals surface area contributed by atoms with Crippen molar-refractivity contribution in [1.82, 2.24) is 5.32 Å². The molecule has 0 aliphatic heterocycles. The molecule has 0 fully saturated rings. The summed E-state index contributed by atoms with van der Waals surface area (Å²) in [6, 6.07) is 10.4. The van der Waals surface area contributed by atoms with E-state index in [4.69, 9.17) is 5.26 Å². The third kappa shape index (κ3) is 3.20. The lowest BCUT2D eigenvalue weighted by atomic mass is 10.1. The van der Waals surface area contributed by atoms with Gasteiger partial charge in [0.2, 0.25) is 0 Å². The maximum atomic E-state index is 8.62. The van der Waals surface area contributed by atoms with Gasteiger partial charge in [0.25, 0.3) is 0 Å².